The molecule has 2 N–H and O–H groups in total. The molecule has 0 aliphatic heterocycles. The minimum Gasteiger partial charge on any atom is -0.493 e. The van der Waals surface area contributed by atoms with Gasteiger partial charge in [0.25, 0.3) is 5.91 Å². The highest BCUT2D eigenvalue weighted by atomic mass is 32.2. The molecule has 1 heterocycles. The van der Waals surface area contributed by atoms with Crippen LogP contribution in [0, 0.1) is 0 Å². The van der Waals surface area contributed by atoms with Crippen LogP contribution in [0.5, 0.6) is 11.5 Å². The number of para-hydroxylation sites is 2. The fraction of sp³-hybridized carbons (Fsp3) is 0.286. The second kappa shape index (κ2) is 10.5. The maximum Gasteiger partial charge on any atom is 0.250 e. The molecule has 29 heavy (non-hydrogen) atoms. The first-order chi connectivity index (χ1) is 14.2. The summed E-state index contributed by atoms with van der Waals surface area (Å²) in [5.74, 6) is 1.34. The number of ether oxygens (including phenoxy) is 2. The van der Waals surface area contributed by atoms with E-state index < -0.39 is 0 Å². The number of thioether (sulfide) groups is 1. The van der Waals surface area contributed by atoms with Crippen molar-refractivity contribution >= 4 is 34.9 Å². The standard InChI is InChI=1S/C21H24N4O3S/c1-3-4-11-28-18-10-9-15(12-19(18)27-2)13-22-25-20(26)14-29-21-23-16-7-5-6-8-17(16)24-21/h5-10,12-13H,3-4,11,14H2,1-2H3,(H,23,24)(H,25,26)/b22-13+. The number of carbonyl (C=O) groups excluding carboxylic acids is 1. The van der Waals surface area contributed by atoms with Gasteiger partial charge in [-0.15, -0.1) is 0 Å². The molecule has 8 heteroatoms. The average Bonchev–Trinajstić information content (AvgIpc) is 3.16. The van der Waals surface area contributed by atoms with Crippen LogP contribution in [0.2, 0.25) is 0 Å². The van der Waals surface area contributed by atoms with Gasteiger partial charge in [-0.05, 0) is 42.3 Å². The summed E-state index contributed by atoms with van der Waals surface area (Å²) >= 11 is 1.33. The van der Waals surface area contributed by atoms with E-state index in [1.165, 1.54) is 11.8 Å². The van der Waals surface area contributed by atoms with Gasteiger partial charge in [-0.3, -0.25) is 4.79 Å². The Morgan fingerprint density at radius 3 is 2.93 bits per heavy atom. The molecule has 0 bridgehead atoms. The Labute approximate surface area is 173 Å². The Bertz CT molecular complexity index is 954. The van der Waals surface area contributed by atoms with Crippen molar-refractivity contribution in [3.63, 3.8) is 0 Å². The Kier molecular flexibility index (Phi) is 7.52. The molecule has 0 spiro atoms. The molecule has 1 amide bonds. The van der Waals surface area contributed by atoms with Crippen molar-refractivity contribution in [3.8, 4) is 11.5 Å². The molecule has 0 fully saturated rings. The zero-order valence-corrected chi connectivity index (χ0v) is 17.3. The fourth-order valence-electron chi connectivity index (χ4n) is 2.55. The molecule has 0 aliphatic carbocycles. The highest BCUT2D eigenvalue weighted by Gasteiger charge is 2.07. The van der Waals surface area contributed by atoms with Crippen molar-refractivity contribution in [2.75, 3.05) is 19.5 Å². The minimum atomic E-state index is -0.210. The number of unbranched alkanes of at least 4 members (excludes halogenated alkanes) is 1. The first-order valence-corrected chi connectivity index (χ1v) is 10.4. The lowest BCUT2D eigenvalue weighted by molar-refractivity contribution is -0.118. The van der Waals surface area contributed by atoms with Crippen molar-refractivity contribution in [2.24, 2.45) is 5.10 Å². The Morgan fingerprint density at radius 1 is 1.28 bits per heavy atom. The van der Waals surface area contributed by atoms with Gasteiger partial charge in [-0.1, -0.05) is 37.2 Å². The zero-order chi connectivity index (χ0) is 20.5. The molecular weight excluding hydrogens is 388 g/mol. The topological polar surface area (TPSA) is 88.6 Å². The SMILES string of the molecule is CCCCOc1ccc(/C=N/NC(=O)CSc2nc3ccccc3[nH]2)cc1OC. The number of hydrogen-bond donors (Lipinski definition) is 2. The number of amides is 1. The average molecular weight is 413 g/mol. The largest absolute Gasteiger partial charge is 0.493 e. The number of methoxy groups -OCH3 is 1. The molecule has 7 nitrogen and oxygen atoms in total. The summed E-state index contributed by atoms with van der Waals surface area (Å²) < 4.78 is 11.1. The molecule has 0 atom stereocenters. The third-order valence-corrected chi connectivity index (χ3v) is 4.93. The Balaban J connectivity index is 1.50. The van der Waals surface area contributed by atoms with Gasteiger partial charge < -0.3 is 14.5 Å². The van der Waals surface area contributed by atoms with E-state index in [9.17, 15) is 4.79 Å². The van der Waals surface area contributed by atoms with E-state index in [-0.39, 0.29) is 11.7 Å². The predicted octanol–water partition coefficient (Wildman–Crippen LogP) is 3.99. The lowest BCUT2D eigenvalue weighted by atomic mass is 10.2. The van der Waals surface area contributed by atoms with Crippen LogP contribution in [0.1, 0.15) is 25.3 Å². The summed E-state index contributed by atoms with van der Waals surface area (Å²) in [6.45, 7) is 2.77. The van der Waals surface area contributed by atoms with E-state index in [0.717, 1.165) is 29.4 Å². The van der Waals surface area contributed by atoms with Crippen molar-refractivity contribution in [2.45, 2.75) is 24.9 Å². The molecule has 152 valence electrons. The minimum absolute atomic E-state index is 0.210. The summed E-state index contributed by atoms with van der Waals surface area (Å²) in [4.78, 5) is 19.6. The lowest BCUT2D eigenvalue weighted by Crippen LogP contribution is -2.19. The number of hydrazone groups is 1. The van der Waals surface area contributed by atoms with Crippen LogP contribution in [0.25, 0.3) is 11.0 Å². The summed E-state index contributed by atoms with van der Waals surface area (Å²) in [5, 5.41) is 4.71. The fourth-order valence-corrected chi connectivity index (χ4v) is 3.23. The lowest BCUT2D eigenvalue weighted by Gasteiger charge is -2.10. The summed E-state index contributed by atoms with van der Waals surface area (Å²) in [7, 11) is 1.60. The number of nitrogens with one attached hydrogen (secondary N) is 2. The number of benzene rings is 2. The number of carbonyl (C=O) groups is 1. The normalized spacial score (nSPS) is 11.1. The number of rotatable bonds is 10. The van der Waals surface area contributed by atoms with Crippen molar-refractivity contribution in [3.05, 3.63) is 48.0 Å². The van der Waals surface area contributed by atoms with Crippen LogP contribution in [-0.4, -0.2) is 41.6 Å². The molecule has 3 aromatic rings. The third kappa shape index (κ3) is 5.99. The maximum absolute atomic E-state index is 12.0. The van der Waals surface area contributed by atoms with Crippen LogP contribution < -0.4 is 14.9 Å². The van der Waals surface area contributed by atoms with Crippen LogP contribution in [-0.2, 0) is 4.79 Å². The molecule has 0 unspecified atom stereocenters. The van der Waals surface area contributed by atoms with Gasteiger partial charge in [0.15, 0.2) is 16.7 Å². The van der Waals surface area contributed by atoms with Gasteiger partial charge in [-0.2, -0.15) is 5.10 Å². The van der Waals surface area contributed by atoms with E-state index in [0.29, 0.717) is 23.3 Å². The monoisotopic (exact) mass is 412 g/mol. The second-order valence-electron chi connectivity index (χ2n) is 6.25. The number of nitrogens with zero attached hydrogens (tertiary/aromatic N) is 2. The highest BCUT2D eigenvalue weighted by molar-refractivity contribution is 7.99. The van der Waals surface area contributed by atoms with Gasteiger partial charge in [0, 0.05) is 0 Å². The molecule has 2 aromatic carbocycles. The van der Waals surface area contributed by atoms with Gasteiger partial charge in [0.05, 0.1) is 36.7 Å². The molecule has 0 aliphatic rings. The predicted molar refractivity (Wildman–Crippen MR) is 116 cm³/mol. The third-order valence-electron chi connectivity index (χ3n) is 4.05. The summed E-state index contributed by atoms with van der Waals surface area (Å²) in [5.41, 5.74) is 5.15. The summed E-state index contributed by atoms with van der Waals surface area (Å²) in [6.07, 6.45) is 3.63. The number of aromatic amines is 1. The van der Waals surface area contributed by atoms with Crippen molar-refractivity contribution < 1.29 is 14.3 Å². The number of fused-ring (bicyclic) bond motifs is 1. The first kappa shape index (κ1) is 20.7. The molecule has 0 radical (unpaired) electrons. The van der Waals surface area contributed by atoms with E-state index in [1.54, 1.807) is 13.3 Å². The van der Waals surface area contributed by atoms with Crippen molar-refractivity contribution in [1.82, 2.24) is 15.4 Å². The van der Waals surface area contributed by atoms with Crippen LogP contribution >= 0.6 is 11.8 Å². The highest BCUT2D eigenvalue weighted by Crippen LogP contribution is 2.27. The Hall–Kier alpha value is -3.00. The summed E-state index contributed by atoms with van der Waals surface area (Å²) in [6, 6.07) is 13.3. The van der Waals surface area contributed by atoms with E-state index in [1.807, 2.05) is 42.5 Å². The van der Waals surface area contributed by atoms with E-state index >= 15 is 0 Å². The van der Waals surface area contributed by atoms with Gasteiger partial charge in [0.1, 0.15) is 0 Å². The molecule has 1 aromatic heterocycles. The molecule has 3 rings (SSSR count). The van der Waals surface area contributed by atoms with Crippen LogP contribution in [0.3, 0.4) is 0 Å². The molecule has 0 saturated heterocycles. The van der Waals surface area contributed by atoms with Gasteiger partial charge >= 0.3 is 0 Å². The zero-order valence-electron chi connectivity index (χ0n) is 16.5. The maximum atomic E-state index is 12.0. The smallest absolute Gasteiger partial charge is 0.250 e. The second-order valence-corrected chi connectivity index (χ2v) is 7.22. The number of aromatic nitrogens is 2. The van der Waals surface area contributed by atoms with Crippen LogP contribution in [0.4, 0.5) is 0 Å². The van der Waals surface area contributed by atoms with Gasteiger partial charge in [-0.25, -0.2) is 10.4 Å². The number of imidazole rings is 1. The Morgan fingerprint density at radius 2 is 2.14 bits per heavy atom. The molecule has 0 saturated carbocycles. The number of H-pyrrole nitrogens is 1. The quantitative estimate of drug-likeness (QED) is 0.227. The van der Waals surface area contributed by atoms with Gasteiger partial charge in [0.2, 0.25) is 0 Å². The molecular formula is C21H24N4O3S. The first-order valence-electron chi connectivity index (χ1n) is 9.40. The number of hydrogen-bond acceptors (Lipinski definition) is 6. The van der Waals surface area contributed by atoms with Crippen LogP contribution in [0.15, 0.2) is 52.7 Å². The van der Waals surface area contributed by atoms with E-state index in [4.69, 9.17) is 9.47 Å². The van der Waals surface area contributed by atoms with Crippen molar-refractivity contribution in [1.29, 1.82) is 0 Å². The van der Waals surface area contributed by atoms with E-state index in [2.05, 4.69) is 27.4 Å².